The molecule has 0 bridgehead atoms. The number of rotatable bonds is 3. The lowest BCUT2D eigenvalue weighted by atomic mass is 10.2. The summed E-state index contributed by atoms with van der Waals surface area (Å²) in [5, 5.41) is 6.10. The van der Waals surface area contributed by atoms with Gasteiger partial charge in [-0.15, -0.1) is 0 Å². The van der Waals surface area contributed by atoms with Gasteiger partial charge in [0.15, 0.2) is 0 Å². The highest BCUT2D eigenvalue weighted by atomic mass is 35.5. The van der Waals surface area contributed by atoms with Crippen molar-refractivity contribution in [3.8, 4) is 0 Å². The zero-order chi connectivity index (χ0) is 10.6. The molecular weight excluding hydrogens is 200 g/mol. The molecule has 76 valence electrons. The van der Waals surface area contributed by atoms with Crippen LogP contribution < -0.4 is 10.6 Å². The Balaban J connectivity index is 2.63. The first kappa shape index (κ1) is 10.9. The molecular formula is C10H13ClN2O. The Bertz CT molecular complexity index is 339. The number of amides is 1. The Hall–Kier alpha value is -1.22. The molecule has 2 N–H and O–H groups in total. The molecule has 0 unspecified atom stereocenters. The average Bonchev–Trinajstić information content (AvgIpc) is 2.16. The molecule has 0 aromatic heterocycles. The van der Waals surface area contributed by atoms with Crippen LogP contribution in [-0.2, 0) is 4.79 Å². The van der Waals surface area contributed by atoms with E-state index in [1.807, 2.05) is 25.1 Å². The molecule has 0 spiro atoms. The van der Waals surface area contributed by atoms with Crippen LogP contribution in [0.25, 0.3) is 0 Å². The molecule has 3 nitrogen and oxygen atoms in total. The number of hydrogen-bond donors (Lipinski definition) is 2. The largest absolute Gasteiger partial charge is 0.375 e. The number of halogens is 1. The van der Waals surface area contributed by atoms with Crippen LogP contribution in [0, 0.1) is 6.92 Å². The lowest BCUT2D eigenvalue weighted by molar-refractivity contribution is -0.118. The third-order valence-electron chi connectivity index (χ3n) is 1.84. The van der Waals surface area contributed by atoms with Crippen molar-refractivity contribution in [1.29, 1.82) is 0 Å². The molecule has 1 amide bonds. The van der Waals surface area contributed by atoms with Crippen molar-refractivity contribution < 1.29 is 4.79 Å². The van der Waals surface area contributed by atoms with Gasteiger partial charge in [0.1, 0.15) is 0 Å². The van der Waals surface area contributed by atoms with Gasteiger partial charge in [0.2, 0.25) is 5.91 Å². The Morgan fingerprint density at radius 3 is 2.79 bits per heavy atom. The van der Waals surface area contributed by atoms with E-state index in [9.17, 15) is 4.79 Å². The summed E-state index contributed by atoms with van der Waals surface area (Å²) in [4.78, 5) is 10.9. The monoisotopic (exact) mass is 212 g/mol. The minimum Gasteiger partial charge on any atom is -0.375 e. The zero-order valence-electron chi connectivity index (χ0n) is 8.23. The molecule has 1 rings (SSSR count). The van der Waals surface area contributed by atoms with Crippen LogP contribution in [0.2, 0.25) is 5.02 Å². The predicted octanol–water partition coefficient (Wildman–Crippen LogP) is 1.81. The lowest BCUT2D eigenvalue weighted by Gasteiger charge is -2.07. The minimum absolute atomic E-state index is 0.0679. The predicted molar refractivity (Wildman–Crippen MR) is 58.7 cm³/mol. The van der Waals surface area contributed by atoms with E-state index in [4.69, 9.17) is 11.6 Å². The third kappa shape index (κ3) is 2.92. The first-order chi connectivity index (χ1) is 6.63. The van der Waals surface area contributed by atoms with Crippen LogP contribution in [0.15, 0.2) is 18.2 Å². The van der Waals surface area contributed by atoms with Gasteiger partial charge in [0.25, 0.3) is 0 Å². The van der Waals surface area contributed by atoms with Crippen molar-refractivity contribution in [3.05, 3.63) is 28.8 Å². The number of anilines is 1. The molecule has 1 aromatic rings. The van der Waals surface area contributed by atoms with Crippen LogP contribution in [0.5, 0.6) is 0 Å². The van der Waals surface area contributed by atoms with Gasteiger partial charge in [-0.1, -0.05) is 17.7 Å². The van der Waals surface area contributed by atoms with Crippen molar-refractivity contribution >= 4 is 23.2 Å². The number of carbonyl (C=O) groups is 1. The second-order valence-electron chi connectivity index (χ2n) is 3.01. The van der Waals surface area contributed by atoms with E-state index in [1.54, 1.807) is 7.05 Å². The van der Waals surface area contributed by atoms with E-state index in [2.05, 4.69) is 10.6 Å². The molecule has 0 saturated carbocycles. The first-order valence-corrected chi connectivity index (χ1v) is 4.72. The van der Waals surface area contributed by atoms with E-state index in [-0.39, 0.29) is 12.5 Å². The summed E-state index contributed by atoms with van der Waals surface area (Å²) >= 11 is 5.96. The highest BCUT2D eigenvalue weighted by Crippen LogP contribution is 2.22. The van der Waals surface area contributed by atoms with Gasteiger partial charge in [-0.05, 0) is 24.6 Å². The number of hydrogen-bond acceptors (Lipinski definition) is 2. The van der Waals surface area contributed by atoms with Crippen LogP contribution in [0.4, 0.5) is 5.69 Å². The number of nitrogens with one attached hydrogen (secondary N) is 2. The summed E-state index contributed by atoms with van der Waals surface area (Å²) in [5.74, 6) is -0.0679. The summed E-state index contributed by atoms with van der Waals surface area (Å²) in [5.41, 5.74) is 1.88. The zero-order valence-corrected chi connectivity index (χ0v) is 8.98. The summed E-state index contributed by atoms with van der Waals surface area (Å²) < 4.78 is 0. The van der Waals surface area contributed by atoms with Gasteiger partial charge in [-0.25, -0.2) is 0 Å². The van der Waals surface area contributed by atoms with E-state index >= 15 is 0 Å². The molecule has 0 aliphatic heterocycles. The SMILES string of the molecule is CNC(=O)CNc1ccc(C)cc1Cl. The standard InChI is InChI=1S/C10H13ClN2O/c1-7-3-4-9(8(11)5-7)13-6-10(14)12-2/h3-5,13H,6H2,1-2H3,(H,12,14). The number of aryl methyl sites for hydroxylation is 1. The maximum Gasteiger partial charge on any atom is 0.239 e. The molecule has 0 fully saturated rings. The summed E-state index contributed by atoms with van der Waals surface area (Å²) in [6.45, 7) is 2.20. The quantitative estimate of drug-likeness (QED) is 0.803. The van der Waals surface area contributed by atoms with Crippen LogP contribution in [0.1, 0.15) is 5.56 Å². The summed E-state index contributed by atoms with van der Waals surface area (Å²) in [7, 11) is 1.60. The Kier molecular flexibility index (Phi) is 3.77. The highest BCUT2D eigenvalue weighted by Gasteiger charge is 2.01. The molecule has 0 aliphatic carbocycles. The van der Waals surface area contributed by atoms with E-state index in [0.29, 0.717) is 5.02 Å². The Morgan fingerprint density at radius 2 is 2.21 bits per heavy atom. The number of benzene rings is 1. The van der Waals surface area contributed by atoms with E-state index < -0.39 is 0 Å². The van der Waals surface area contributed by atoms with Crippen LogP contribution in [0.3, 0.4) is 0 Å². The van der Waals surface area contributed by atoms with Crippen LogP contribution in [-0.4, -0.2) is 19.5 Å². The fraction of sp³-hybridized carbons (Fsp3) is 0.300. The van der Waals surface area contributed by atoms with E-state index in [0.717, 1.165) is 11.3 Å². The summed E-state index contributed by atoms with van der Waals surface area (Å²) in [6.07, 6.45) is 0. The maximum atomic E-state index is 10.9. The number of likely N-dealkylation sites (N-methyl/N-ethyl adjacent to an activating group) is 1. The first-order valence-electron chi connectivity index (χ1n) is 4.34. The van der Waals surface area contributed by atoms with Crippen molar-refractivity contribution in [1.82, 2.24) is 5.32 Å². The molecule has 1 aromatic carbocycles. The fourth-order valence-electron chi connectivity index (χ4n) is 1.03. The van der Waals surface area contributed by atoms with Gasteiger partial charge < -0.3 is 10.6 Å². The van der Waals surface area contributed by atoms with Gasteiger partial charge in [-0.2, -0.15) is 0 Å². The van der Waals surface area contributed by atoms with E-state index in [1.165, 1.54) is 0 Å². The summed E-state index contributed by atoms with van der Waals surface area (Å²) in [6, 6.07) is 5.66. The lowest BCUT2D eigenvalue weighted by Crippen LogP contribution is -2.26. The molecule has 0 radical (unpaired) electrons. The third-order valence-corrected chi connectivity index (χ3v) is 2.16. The van der Waals surface area contributed by atoms with Crippen molar-refractivity contribution in [2.75, 3.05) is 18.9 Å². The molecule has 0 saturated heterocycles. The molecule has 4 heteroatoms. The fourth-order valence-corrected chi connectivity index (χ4v) is 1.33. The normalized spacial score (nSPS) is 9.64. The smallest absolute Gasteiger partial charge is 0.239 e. The van der Waals surface area contributed by atoms with Crippen molar-refractivity contribution in [3.63, 3.8) is 0 Å². The van der Waals surface area contributed by atoms with Gasteiger partial charge in [-0.3, -0.25) is 4.79 Å². The molecule has 14 heavy (non-hydrogen) atoms. The van der Waals surface area contributed by atoms with Gasteiger partial charge in [0, 0.05) is 7.05 Å². The minimum atomic E-state index is -0.0679. The average molecular weight is 213 g/mol. The van der Waals surface area contributed by atoms with Crippen LogP contribution >= 0.6 is 11.6 Å². The maximum absolute atomic E-state index is 10.9. The van der Waals surface area contributed by atoms with Crippen molar-refractivity contribution in [2.24, 2.45) is 0 Å². The second-order valence-corrected chi connectivity index (χ2v) is 3.42. The molecule has 0 atom stereocenters. The molecule has 0 aliphatic rings. The van der Waals surface area contributed by atoms with Crippen molar-refractivity contribution in [2.45, 2.75) is 6.92 Å². The Morgan fingerprint density at radius 1 is 1.50 bits per heavy atom. The highest BCUT2D eigenvalue weighted by molar-refractivity contribution is 6.33. The molecule has 0 heterocycles. The van der Waals surface area contributed by atoms with Gasteiger partial charge >= 0.3 is 0 Å². The topological polar surface area (TPSA) is 41.1 Å². The number of carbonyl (C=O) groups excluding carboxylic acids is 1. The Labute approximate surface area is 88.5 Å². The van der Waals surface area contributed by atoms with Gasteiger partial charge in [0.05, 0.1) is 17.3 Å². The second kappa shape index (κ2) is 4.86.